The molecule has 0 bridgehead atoms. The first-order valence-electron chi connectivity index (χ1n) is 6.94. The minimum absolute atomic E-state index is 0.0836. The Labute approximate surface area is 126 Å². The standard InChI is InChI=1S/C17H14N2O3/c1-19-14-5-3-2-4-11(14)17(22,16(19)21)12-6-7-13-10(15(12)20)8-9-18-13/h2-9,18,20,22H,1H3/t17-/m1/s1. The van der Waals surface area contributed by atoms with Crippen LogP contribution in [0.15, 0.2) is 48.7 Å². The Bertz CT molecular complexity index is 915. The molecular formula is C17H14N2O3. The van der Waals surface area contributed by atoms with Crippen LogP contribution in [0.5, 0.6) is 5.75 Å². The number of hydrogen-bond donors (Lipinski definition) is 3. The van der Waals surface area contributed by atoms with Gasteiger partial charge >= 0.3 is 0 Å². The van der Waals surface area contributed by atoms with Gasteiger partial charge in [-0.1, -0.05) is 18.2 Å². The van der Waals surface area contributed by atoms with Crippen molar-refractivity contribution in [3.05, 3.63) is 59.8 Å². The molecule has 0 aliphatic carbocycles. The zero-order valence-electron chi connectivity index (χ0n) is 11.9. The molecule has 1 aromatic heterocycles. The van der Waals surface area contributed by atoms with Crippen molar-refractivity contribution in [1.29, 1.82) is 0 Å². The van der Waals surface area contributed by atoms with E-state index in [0.29, 0.717) is 16.6 Å². The van der Waals surface area contributed by atoms with Crippen LogP contribution in [-0.2, 0) is 10.4 Å². The number of aromatic hydroxyl groups is 1. The van der Waals surface area contributed by atoms with Gasteiger partial charge < -0.3 is 20.1 Å². The summed E-state index contributed by atoms with van der Waals surface area (Å²) < 4.78 is 0. The summed E-state index contributed by atoms with van der Waals surface area (Å²) in [5.74, 6) is -0.557. The number of carbonyl (C=O) groups is 1. The number of benzene rings is 2. The molecule has 2 heterocycles. The second kappa shape index (κ2) is 4.11. The van der Waals surface area contributed by atoms with Crippen molar-refractivity contribution in [1.82, 2.24) is 4.98 Å². The van der Waals surface area contributed by atoms with E-state index in [0.717, 1.165) is 5.52 Å². The van der Waals surface area contributed by atoms with Gasteiger partial charge in [0.05, 0.1) is 5.69 Å². The summed E-state index contributed by atoms with van der Waals surface area (Å²) in [7, 11) is 1.62. The molecule has 0 unspecified atom stereocenters. The maximum Gasteiger partial charge on any atom is 0.268 e. The van der Waals surface area contributed by atoms with Gasteiger partial charge in [0.2, 0.25) is 0 Å². The van der Waals surface area contributed by atoms with E-state index in [-0.39, 0.29) is 11.3 Å². The zero-order valence-corrected chi connectivity index (χ0v) is 11.9. The first-order valence-corrected chi connectivity index (χ1v) is 6.94. The number of nitrogens with zero attached hydrogens (tertiary/aromatic N) is 1. The molecule has 1 aliphatic rings. The number of fused-ring (bicyclic) bond motifs is 2. The van der Waals surface area contributed by atoms with E-state index in [1.165, 1.54) is 4.90 Å². The van der Waals surface area contributed by atoms with Crippen LogP contribution < -0.4 is 4.90 Å². The Morgan fingerprint density at radius 2 is 1.86 bits per heavy atom. The van der Waals surface area contributed by atoms with Crippen molar-refractivity contribution in [2.24, 2.45) is 0 Å². The lowest BCUT2D eigenvalue weighted by atomic mass is 9.86. The van der Waals surface area contributed by atoms with Crippen molar-refractivity contribution in [3.63, 3.8) is 0 Å². The van der Waals surface area contributed by atoms with E-state index < -0.39 is 11.5 Å². The Hall–Kier alpha value is -2.79. The van der Waals surface area contributed by atoms with E-state index in [2.05, 4.69) is 4.98 Å². The summed E-state index contributed by atoms with van der Waals surface area (Å²) >= 11 is 0. The molecule has 3 N–H and O–H groups in total. The molecule has 5 nitrogen and oxygen atoms in total. The number of phenolic OH excluding ortho intramolecular Hbond substituents is 1. The molecule has 0 saturated carbocycles. The minimum Gasteiger partial charge on any atom is -0.507 e. The van der Waals surface area contributed by atoms with Crippen molar-refractivity contribution < 1.29 is 15.0 Å². The molecule has 0 fully saturated rings. The first-order chi connectivity index (χ1) is 10.5. The predicted octanol–water partition coefficient (Wildman–Crippen LogP) is 2.09. The molecule has 0 saturated heterocycles. The zero-order chi connectivity index (χ0) is 15.5. The number of aliphatic hydroxyl groups is 1. The summed E-state index contributed by atoms with van der Waals surface area (Å²) in [6.07, 6.45) is 1.70. The van der Waals surface area contributed by atoms with Gasteiger partial charge in [0.1, 0.15) is 5.75 Å². The van der Waals surface area contributed by atoms with Crippen LogP contribution >= 0.6 is 0 Å². The number of carbonyl (C=O) groups excluding carboxylic acids is 1. The fourth-order valence-corrected chi connectivity index (χ4v) is 3.21. The van der Waals surface area contributed by atoms with Crippen molar-refractivity contribution in [3.8, 4) is 5.75 Å². The molecule has 0 radical (unpaired) electrons. The Kier molecular flexibility index (Phi) is 2.41. The fourth-order valence-electron chi connectivity index (χ4n) is 3.21. The van der Waals surface area contributed by atoms with Crippen LogP contribution in [0.2, 0.25) is 0 Å². The van der Waals surface area contributed by atoms with Gasteiger partial charge in [0.25, 0.3) is 5.91 Å². The van der Waals surface area contributed by atoms with Gasteiger partial charge in [-0.25, -0.2) is 0 Å². The number of phenols is 1. The van der Waals surface area contributed by atoms with Gasteiger partial charge in [0.15, 0.2) is 5.60 Å². The molecule has 0 spiro atoms. The Morgan fingerprint density at radius 1 is 1.09 bits per heavy atom. The number of aromatic nitrogens is 1. The molecule has 110 valence electrons. The molecule has 2 aromatic carbocycles. The van der Waals surface area contributed by atoms with Crippen molar-refractivity contribution in [2.45, 2.75) is 5.60 Å². The molecular weight excluding hydrogens is 280 g/mol. The van der Waals surface area contributed by atoms with E-state index in [1.807, 2.05) is 6.07 Å². The summed E-state index contributed by atoms with van der Waals surface area (Å²) in [4.78, 5) is 17.1. The summed E-state index contributed by atoms with van der Waals surface area (Å²) in [5, 5.41) is 22.3. The summed E-state index contributed by atoms with van der Waals surface area (Å²) in [5.41, 5.74) is 0.190. The molecule has 5 heteroatoms. The largest absolute Gasteiger partial charge is 0.507 e. The number of rotatable bonds is 1. The van der Waals surface area contributed by atoms with Crippen LogP contribution in [0.25, 0.3) is 10.9 Å². The third-order valence-electron chi connectivity index (χ3n) is 4.37. The quantitative estimate of drug-likeness (QED) is 0.643. The SMILES string of the molecule is CN1C(=O)[C@](O)(c2ccc3[nH]ccc3c2O)c2ccccc21. The lowest BCUT2D eigenvalue weighted by molar-refractivity contribution is -0.132. The fraction of sp³-hybridized carbons (Fsp3) is 0.118. The lowest BCUT2D eigenvalue weighted by Gasteiger charge is -2.23. The van der Waals surface area contributed by atoms with E-state index in [9.17, 15) is 15.0 Å². The first kappa shape index (κ1) is 12.9. The number of aromatic amines is 1. The Balaban J connectivity index is 2.04. The number of nitrogens with one attached hydrogen (secondary N) is 1. The highest BCUT2D eigenvalue weighted by Crippen LogP contribution is 2.47. The van der Waals surface area contributed by atoms with Crippen LogP contribution in [-0.4, -0.2) is 28.2 Å². The normalized spacial score (nSPS) is 20.6. The maximum atomic E-state index is 12.7. The van der Waals surface area contributed by atoms with Crippen LogP contribution in [0.1, 0.15) is 11.1 Å². The van der Waals surface area contributed by atoms with Crippen LogP contribution in [0.4, 0.5) is 5.69 Å². The summed E-state index contributed by atoms with van der Waals surface area (Å²) in [6, 6.07) is 12.1. The Morgan fingerprint density at radius 3 is 2.68 bits per heavy atom. The number of likely N-dealkylation sites (N-methyl/N-ethyl adjacent to an activating group) is 1. The van der Waals surface area contributed by atoms with Gasteiger partial charge in [-0.3, -0.25) is 4.79 Å². The van der Waals surface area contributed by atoms with E-state index in [1.54, 1.807) is 49.6 Å². The number of hydrogen-bond acceptors (Lipinski definition) is 3. The second-order valence-corrected chi connectivity index (χ2v) is 5.49. The van der Waals surface area contributed by atoms with Crippen LogP contribution in [0.3, 0.4) is 0 Å². The van der Waals surface area contributed by atoms with Crippen molar-refractivity contribution >= 4 is 22.5 Å². The van der Waals surface area contributed by atoms with E-state index >= 15 is 0 Å². The third kappa shape index (κ3) is 1.38. The van der Waals surface area contributed by atoms with Crippen molar-refractivity contribution in [2.75, 3.05) is 11.9 Å². The average Bonchev–Trinajstić information content (AvgIpc) is 3.08. The maximum absolute atomic E-state index is 12.7. The minimum atomic E-state index is -1.87. The predicted molar refractivity (Wildman–Crippen MR) is 82.8 cm³/mol. The summed E-state index contributed by atoms with van der Waals surface area (Å²) in [6.45, 7) is 0. The van der Waals surface area contributed by atoms with Gasteiger partial charge in [0, 0.05) is 35.3 Å². The number of anilines is 1. The second-order valence-electron chi connectivity index (χ2n) is 5.49. The molecule has 4 rings (SSSR count). The molecule has 1 aliphatic heterocycles. The van der Waals surface area contributed by atoms with Gasteiger partial charge in [-0.15, -0.1) is 0 Å². The highest BCUT2D eigenvalue weighted by Gasteiger charge is 2.51. The highest BCUT2D eigenvalue weighted by molar-refractivity contribution is 6.09. The third-order valence-corrected chi connectivity index (χ3v) is 4.37. The number of H-pyrrole nitrogens is 1. The molecule has 3 aromatic rings. The highest BCUT2D eigenvalue weighted by atomic mass is 16.3. The van der Waals surface area contributed by atoms with Gasteiger partial charge in [-0.2, -0.15) is 0 Å². The molecule has 1 atom stereocenters. The molecule has 1 amide bonds. The topological polar surface area (TPSA) is 76.6 Å². The van der Waals surface area contributed by atoms with Gasteiger partial charge in [-0.05, 0) is 24.3 Å². The monoisotopic (exact) mass is 294 g/mol. The smallest absolute Gasteiger partial charge is 0.268 e. The number of amides is 1. The van der Waals surface area contributed by atoms with E-state index in [4.69, 9.17) is 0 Å². The number of para-hydroxylation sites is 1. The average molecular weight is 294 g/mol. The lowest BCUT2D eigenvalue weighted by Crippen LogP contribution is -2.39. The molecule has 22 heavy (non-hydrogen) atoms. The van der Waals surface area contributed by atoms with Crippen LogP contribution in [0, 0.1) is 0 Å².